The highest BCUT2D eigenvalue weighted by molar-refractivity contribution is 7.26. The number of pyridine rings is 1. The van der Waals surface area contributed by atoms with E-state index in [-0.39, 0.29) is 21.7 Å². The molecule has 2 aliphatic carbocycles. The monoisotopic (exact) mass is 1090 g/mol. The number of rotatable bonds is 6. The van der Waals surface area contributed by atoms with E-state index < -0.39 is 0 Å². The van der Waals surface area contributed by atoms with Gasteiger partial charge in [-0.2, -0.15) is 0 Å². The van der Waals surface area contributed by atoms with Crippen LogP contribution in [0.2, 0.25) is 0 Å². The van der Waals surface area contributed by atoms with E-state index in [1.165, 1.54) is 64.7 Å². The second kappa shape index (κ2) is 19.7. The number of thiophene rings is 1. The second-order valence-corrected chi connectivity index (χ2v) is 25.3. The van der Waals surface area contributed by atoms with Crippen LogP contribution >= 0.6 is 11.3 Å². The lowest BCUT2D eigenvalue weighted by atomic mass is 9.55. The maximum atomic E-state index is 5.33. The zero-order chi connectivity index (χ0) is 56.8. The fourth-order valence-corrected chi connectivity index (χ4v) is 14.1. The molecule has 402 valence electrons. The van der Waals surface area contributed by atoms with Crippen molar-refractivity contribution in [2.45, 2.75) is 77.0 Å². The third-order valence-electron chi connectivity index (χ3n) is 18.8. The van der Waals surface area contributed by atoms with Gasteiger partial charge in [-0.3, -0.25) is 4.98 Å². The van der Waals surface area contributed by atoms with E-state index in [9.17, 15) is 0 Å². The zero-order valence-electron chi connectivity index (χ0n) is 48.0. The van der Waals surface area contributed by atoms with Crippen LogP contribution in [0.25, 0.3) is 121 Å². The summed E-state index contributed by atoms with van der Waals surface area (Å²) in [5, 5.41) is 3.66. The van der Waals surface area contributed by atoms with Gasteiger partial charge in [0.25, 0.3) is 0 Å². The minimum atomic E-state index is -0.0744. The summed E-state index contributed by atoms with van der Waals surface area (Å²) in [4.78, 5) is 30.0. The summed E-state index contributed by atoms with van der Waals surface area (Å²) in [6.45, 7) is 18.9. The van der Waals surface area contributed by atoms with Crippen LogP contribution in [-0.4, -0.2) is 29.9 Å². The molecule has 0 aliphatic heterocycles. The van der Waals surface area contributed by atoms with Crippen LogP contribution in [0.15, 0.2) is 231 Å². The molecule has 0 saturated carbocycles. The minimum absolute atomic E-state index is 0.0158. The predicted molar refractivity (Wildman–Crippen MR) is 346 cm³/mol. The first kappa shape index (κ1) is 51.8. The van der Waals surface area contributed by atoms with Crippen LogP contribution in [-0.2, 0) is 21.7 Å². The second-order valence-electron chi connectivity index (χ2n) is 24.2. The Kier molecular flexibility index (Phi) is 12.3. The summed E-state index contributed by atoms with van der Waals surface area (Å²) in [7, 11) is 0. The van der Waals surface area contributed by atoms with Crippen molar-refractivity contribution in [1.82, 2.24) is 29.9 Å². The first-order chi connectivity index (χ1) is 40.2. The van der Waals surface area contributed by atoms with Gasteiger partial charge in [0.05, 0.1) is 16.9 Å². The minimum Gasteiger partial charge on any atom is -0.255 e. The van der Waals surface area contributed by atoms with E-state index in [1.54, 1.807) is 0 Å². The maximum Gasteiger partial charge on any atom is 0.165 e. The van der Waals surface area contributed by atoms with Crippen LogP contribution in [0.4, 0.5) is 0 Å². The van der Waals surface area contributed by atoms with Crippen molar-refractivity contribution in [1.29, 1.82) is 0 Å². The predicted octanol–water partition coefficient (Wildman–Crippen LogP) is 19.7. The molecule has 0 radical (unpaired) electrons. The number of hydrogen-bond donors (Lipinski definition) is 0. The van der Waals surface area contributed by atoms with Gasteiger partial charge in [-0.25, -0.2) is 24.9 Å². The molecule has 0 bridgehead atoms. The maximum absolute atomic E-state index is 5.33. The van der Waals surface area contributed by atoms with Gasteiger partial charge in [0.2, 0.25) is 0 Å². The van der Waals surface area contributed by atoms with E-state index in [0.717, 1.165) is 61.5 Å². The molecule has 0 amide bonds. The first-order valence-corrected chi connectivity index (χ1v) is 29.5. The fourth-order valence-electron chi connectivity index (χ4n) is 12.8. The van der Waals surface area contributed by atoms with Crippen LogP contribution in [0, 0.1) is 0 Å². The number of aromatic nitrogens is 6. The molecule has 0 spiro atoms. The molecule has 4 aromatic heterocycles. The summed E-state index contributed by atoms with van der Waals surface area (Å²) in [6, 6.07) is 79.1. The van der Waals surface area contributed by atoms with Gasteiger partial charge in [0.1, 0.15) is 0 Å². The average molecular weight is 1090 g/mol. The molecule has 13 aromatic rings. The zero-order valence-corrected chi connectivity index (χ0v) is 48.8. The van der Waals surface area contributed by atoms with E-state index in [0.29, 0.717) is 17.5 Å². The molecule has 4 heterocycles. The van der Waals surface area contributed by atoms with Crippen LogP contribution in [0.3, 0.4) is 0 Å². The van der Waals surface area contributed by atoms with Gasteiger partial charge in [-0.1, -0.05) is 250 Å². The van der Waals surface area contributed by atoms with Gasteiger partial charge in [0, 0.05) is 65.1 Å². The lowest BCUT2D eigenvalue weighted by molar-refractivity contribution is 0.299. The molecule has 0 fully saturated rings. The van der Waals surface area contributed by atoms with Crippen molar-refractivity contribution in [3.8, 4) is 90.3 Å². The molecule has 83 heavy (non-hydrogen) atoms. The number of para-hydroxylation sites is 1. The number of fused-ring (bicyclic) bond motifs is 10. The number of hydrogen-bond acceptors (Lipinski definition) is 7. The van der Waals surface area contributed by atoms with Gasteiger partial charge >= 0.3 is 0 Å². The molecule has 6 nitrogen and oxygen atoms in total. The Bertz CT molecular complexity index is 4610. The normalized spacial score (nSPS) is 14.9. The molecule has 0 N–H and O–H groups in total. The topological polar surface area (TPSA) is 77.3 Å². The Morgan fingerprint density at radius 3 is 1.48 bits per heavy atom. The third-order valence-corrected chi connectivity index (χ3v) is 20.1. The molecule has 7 heteroatoms. The smallest absolute Gasteiger partial charge is 0.165 e. The van der Waals surface area contributed by atoms with E-state index in [2.05, 4.69) is 219 Å². The van der Waals surface area contributed by atoms with Crippen LogP contribution < -0.4 is 0 Å². The Morgan fingerprint density at radius 2 is 0.795 bits per heavy atom. The van der Waals surface area contributed by atoms with Crippen molar-refractivity contribution in [3.05, 3.63) is 253 Å². The molecular weight excluding hydrogens is 1030 g/mol. The Labute approximate surface area is 489 Å². The SMILES string of the molecule is CC1(C)c2ccccc2-c2c(-c3ccc(-c4nc(-c5ccccc5)nc(-c5ccccc5)n4)cn3)cccc2C1(C)C.CC1(C)c2ccccc2-c2ccc(-c3nc(-c4cccc5c4sc4ccccc45)c4ccccc4n3)cc2C1(C)C. The van der Waals surface area contributed by atoms with Gasteiger partial charge in [0.15, 0.2) is 23.3 Å². The number of nitrogens with zero attached hydrogens (tertiary/aromatic N) is 6. The summed E-state index contributed by atoms with van der Waals surface area (Å²) in [6.07, 6.45) is 1.89. The molecule has 0 saturated heterocycles. The van der Waals surface area contributed by atoms with E-state index in [4.69, 9.17) is 29.9 Å². The largest absolute Gasteiger partial charge is 0.255 e. The molecular formula is C76H62N6S. The molecule has 2 aliphatic rings. The highest BCUT2D eigenvalue weighted by atomic mass is 32.1. The Balaban J connectivity index is 0.000000148. The van der Waals surface area contributed by atoms with Crippen molar-refractivity contribution >= 4 is 42.4 Å². The molecule has 9 aromatic carbocycles. The van der Waals surface area contributed by atoms with Crippen molar-refractivity contribution in [2.75, 3.05) is 0 Å². The molecule has 0 unspecified atom stereocenters. The highest BCUT2D eigenvalue weighted by Crippen LogP contribution is 2.57. The van der Waals surface area contributed by atoms with Crippen LogP contribution in [0.1, 0.15) is 77.6 Å². The Hall–Kier alpha value is -9.30. The lowest BCUT2D eigenvalue weighted by Crippen LogP contribution is -2.43. The lowest BCUT2D eigenvalue weighted by Gasteiger charge is -2.48. The van der Waals surface area contributed by atoms with Crippen LogP contribution in [0.5, 0.6) is 0 Å². The summed E-state index contributed by atoms with van der Waals surface area (Å²) >= 11 is 1.84. The fraction of sp³-hybridized carbons (Fsp3) is 0.158. The van der Waals surface area contributed by atoms with Crippen molar-refractivity contribution in [2.24, 2.45) is 0 Å². The molecule has 15 rings (SSSR count). The van der Waals surface area contributed by atoms with Crippen molar-refractivity contribution < 1.29 is 0 Å². The number of benzene rings is 9. The summed E-state index contributed by atoms with van der Waals surface area (Å²) in [5.74, 6) is 2.65. The van der Waals surface area contributed by atoms with Gasteiger partial charge in [-0.05, 0) is 96.5 Å². The first-order valence-electron chi connectivity index (χ1n) is 28.7. The molecule has 0 atom stereocenters. The summed E-state index contributed by atoms with van der Waals surface area (Å²) in [5.41, 5.74) is 19.5. The average Bonchev–Trinajstić information content (AvgIpc) is 2.12. The van der Waals surface area contributed by atoms with E-state index >= 15 is 0 Å². The quantitative estimate of drug-likeness (QED) is 0.165. The van der Waals surface area contributed by atoms with E-state index in [1.807, 2.05) is 78.2 Å². The highest BCUT2D eigenvalue weighted by Gasteiger charge is 2.47. The van der Waals surface area contributed by atoms with Gasteiger partial charge < -0.3 is 0 Å². The Morgan fingerprint density at radius 1 is 0.313 bits per heavy atom. The summed E-state index contributed by atoms with van der Waals surface area (Å²) < 4.78 is 2.57. The third kappa shape index (κ3) is 8.42. The van der Waals surface area contributed by atoms with Crippen molar-refractivity contribution in [3.63, 3.8) is 0 Å². The van der Waals surface area contributed by atoms with Gasteiger partial charge in [-0.15, -0.1) is 11.3 Å². The standard InChI is InChI=1S/C38H32N4.C38H30N2S/c1-37(2)30-20-12-11-18-28(30)33-29(19-13-21-31(33)38(37,3)4)32-23-22-27(24-39-32)36-41-34(25-14-7-5-8-15-25)40-35(42-36)26-16-9-6-10-17-26;1-37(2)30-17-8-5-12-24(30)25-21-20-23(22-31(25)38(37,3)4)36-39-32-18-9-6-14-28(32)34(40-36)29-16-11-15-27-26-13-7-10-19-33(26)41-35(27)29/h5-24H,1-4H3;5-22H,1-4H3.